The lowest BCUT2D eigenvalue weighted by atomic mass is 9.44. The highest BCUT2D eigenvalue weighted by Crippen LogP contribution is 2.52. The molecule has 0 spiro atoms. The Balaban J connectivity index is 1.11. The molecular weight excluding hydrogens is 819 g/mol. The second-order valence-electron chi connectivity index (χ2n) is 22.4. The smallest absolute Gasteiger partial charge is 0.333 e. The molecule has 8 aromatic carbocycles. The summed E-state index contributed by atoms with van der Waals surface area (Å²) in [6.07, 6.45) is 2.31. The Morgan fingerprint density at radius 3 is 1.79 bits per heavy atom. The van der Waals surface area contributed by atoms with Gasteiger partial charge in [0.05, 0.1) is 11.0 Å². The molecule has 2 aliphatic heterocycles. The standard InChI is InChI=1S/C61H49BN2O3/c1-32-23-42-37-28-52-41(39-25-44-45(29-53(39)67-52)61(7,8)22-21-60(44,5)6)26-48(37)64(34-19-17-33(18-20-34)59(2,3)4)62-46-30-54-40(36-14-10-12-16-51(36)65-54)27-49(46)63-47-31-55-38(35-13-9-11-15-50(35)66-55)24-43(47)56(32)58(63)57(42)62/h9-20,23-31H,21-22H2,1-8H3. The molecule has 324 valence electrons. The average Bonchev–Trinajstić information content (AvgIpc) is 4.06. The first-order valence-electron chi connectivity index (χ1n) is 24.1. The van der Waals surface area contributed by atoms with Gasteiger partial charge in [0.1, 0.15) is 33.5 Å². The van der Waals surface area contributed by atoms with Gasteiger partial charge in [0.2, 0.25) is 0 Å². The number of nitrogens with zero attached hydrogens (tertiary/aromatic N) is 2. The molecule has 6 heteroatoms. The summed E-state index contributed by atoms with van der Waals surface area (Å²) >= 11 is 0. The van der Waals surface area contributed by atoms with Crippen molar-refractivity contribution in [3.05, 3.63) is 150 Å². The number of benzene rings is 8. The van der Waals surface area contributed by atoms with E-state index < -0.39 is 0 Å². The maximum absolute atomic E-state index is 7.04. The highest BCUT2D eigenvalue weighted by molar-refractivity contribution is 6.94. The number of aryl methyl sites for hydroxylation is 1. The predicted molar refractivity (Wildman–Crippen MR) is 280 cm³/mol. The highest BCUT2D eigenvalue weighted by atomic mass is 16.3. The van der Waals surface area contributed by atoms with Crippen LogP contribution in [0.2, 0.25) is 0 Å². The minimum absolute atomic E-state index is 0.00770. The number of rotatable bonds is 1. The van der Waals surface area contributed by atoms with Gasteiger partial charge < -0.3 is 22.6 Å². The Hall–Kier alpha value is -7.18. The van der Waals surface area contributed by atoms with Gasteiger partial charge in [-0.2, -0.15) is 0 Å². The molecule has 67 heavy (non-hydrogen) atoms. The molecule has 0 fully saturated rings. The second kappa shape index (κ2) is 12.2. The topological polar surface area (TPSA) is 47.6 Å². The van der Waals surface area contributed by atoms with E-state index in [2.05, 4.69) is 192 Å². The van der Waals surface area contributed by atoms with Crippen LogP contribution in [0.15, 0.2) is 141 Å². The monoisotopic (exact) mass is 868 g/mol. The second-order valence-corrected chi connectivity index (χ2v) is 22.4. The zero-order valence-corrected chi connectivity index (χ0v) is 39.2. The lowest BCUT2D eigenvalue weighted by Crippen LogP contribution is -2.60. The third-order valence-electron chi connectivity index (χ3n) is 16.5. The van der Waals surface area contributed by atoms with Crippen LogP contribution in [-0.2, 0) is 16.2 Å². The van der Waals surface area contributed by atoms with Crippen molar-refractivity contribution in [3.63, 3.8) is 0 Å². The van der Waals surface area contributed by atoms with E-state index in [0.717, 1.165) is 90.2 Å². The van der Waals surface area contributed by atoms with E-state index in [1.807, 2.05) is 0 Å². The summed E-state index contributed by atoms with van der Waals surface area (Å²) in [7, 11) is 0. The van der Waals surface area contributed by atoms with Gasteiger partial charge >= 0.3 is 6.85 Å². The van der Waals surface area contributed by atoms with Crippen LogP contribution >= 0.6 is 0 Å². The van der Waals surface area contributed by atoms with Crippen LogP contribution in [0.5, 0.6) is 0 Å². The number of aromatic nitrogens is 1. The molecule has 0 bridgehead atoms. The molecule has 0 atom stereocenters. The van der Waals surface area contributed by atoms with E-state index in [4.69, 9.17) is 13.3 Å². The van der Waals surface area contributed by atoms with Crippen LogP contribution in [0.25, 0.3) is 104 Å². The number of hydrogen-bond acceptors (Lipinski definition) is 4. The Labute approximate surface area is 388 Å². The third-order valence-corrected chi connectivity index (χ3v) is 16.5. The Morgan fingerprint density at radius 2 is 1.09 bits per heavy atom. The van der Waals surface area contributed by atoms with Crippen molar-refractivity contribution in [1.29, 1.82) is 0 Å². The molecule has 0 amide bonds. The van der Waals surface area contributed by atoms with Gasteiger partial charge in [-0.05, 0) is 141 Å². The van der Waals surface area contributed by atoms with Crippen LogP contribution < -0.4 is 15.7 Å². The minimum Gasteiger partial charge on any atom is -0.456 e. The van der Waals surface area contributed by atoms with Crippen LogP contribution in [0.4, 0.5) is 11.4 Å². The summed E-state index contributed by atoms with van der Waals surface area (Å²) in [5, 5.41) is 9.36. The van der Waals surface area contributed by atoms with Crippen LogP contribution in [0, 0.1) is 6.92 Å². The fraction of sp³-hybridized carbons (Fsp3) is 0.213. The van der Waals surface area contributed by atoms with Gasteiger partial charge in [-0.1, -0.05) is 103 Å². The summed E-state index contributed by atoms with van der Waals surface area (Å²) in [5.41, 5.74) is 21.8. The molecule has 4 aromatic heterocycles. The number of para-hydroxylation sites is 2. The van der Waals surface area contributed by atoms with Gasteiger partial charge in [0.15, 0.2) is 0 Å². The first kappa shape index (κ1) is 38.0. The average molecular weight is 869 g/mol. The fourth-order valence-electron chi connectivity index (χ4n) is 12.9. The Morgan fingerprint density at radius 1 is 0.522 bits per heavy atom. The fourth-order valence-corrected chi connectivity index (χ4v) is 12.9. The maximum Gasteiger partial charge on any atom is 0.333 e. The van der Waals surface area contributed by atoms with E-state index in [1.54, 1.807) is 0 Å². The van der Waals surface area contributed by atoms with Gasteiger partial charge in [-0.3, -0.25) is 0 Å². The van der Waals surface area contributed by atoms with Crippen molar-refractivity contribution in [2.75, 3.05) is 4.81 Å². The van der Waals surface area contributed by atoms with E-state index in [0.29, 0.717) is 0 Å². The lowest BCUT2D eigenvalue weighted by Gasteiger charge is -2.42. The first-order valence-corrected chi connectivity index (χ1v) is 24.1. The van der Waals surface area contributed by atoms with Crippen LogP contribution in [0.1, 0.15) is 83.6 Å². The van der Waals surface area contributed by atoms with E-state index in [1.165, 1.54) is 71.7 Å². The van der Waals surface area contributed by atoms with E-state index >= 15 is 0 Å². The highest BCUT2D eigenvalue weighted by Gasteiger charge is 2.46. The quantitative estimate of drug-likeness (QED) is 0.154. The van der Waals surface area contributed by atoms with Gasteiger partial charge in [-0.15, -0.1) is 0 Å². The molecule has 0 unspecified atom stereocenters. The molecule has 12 aromatic rings. The molecule has 0 saturated heterocycles. The summed E-state index contributed by atoms with van der Waals surface area (Å²) in [6.45, 7) is 18.6. The molecule has 0 N–H and O–H groups in total. The third kappa shape index (κ3) is 4.85. The number of fused-ring (bicyclic) bond motifs is 18. The number of anilines is 2. The minimum atomic E-state index is -0.178. The van der Waals surface area contributed by atoms with Crippen LogP contribution in [-0.4, -0.2) is 11.4 Å². The SMILES string of the molecule is Cc1cc2c3c4c1c1cc5c(cc1n4-c1cc4c(cc1B3N(c1ccc(C(C)(C)C)cc1)c1cc3c(cc1-2)oc1cc2c(cc13)C(C)(C)CCC2(C)C)oc1ccccc14)oc1ccccc15. The molecule has 5 nitrogen and oxygen atoms in total. The zero-order chi connectivity index (χ0) is 45.2. The molecule has 0 radical (unpaired) electrons. The van der Waals surface area contributed by atoms with Crippen molar-refractivity contribution in [2.45, 2.75) is 84.5 Å². The van der Waals surface area contributed by atoms with Gasteiger partial charge in [-0.25, -0.2) is 0 Å². The summed E-state index contributed by atoms with van der Waals surface area (Å²) < 4.78 is 23.0. The predicted octanol–water partition coefficient (Wildman–Crippen LogP) is 15.7. The summed E-state index contributed by atoms with van der Waals surface area (Å²) in [5.74, 6) is 0. The number of furan rings is 3. The van der Waals surface area contributed by atoms with E-state index in [9.17, 15) is 0 Å². The Bertz CT molecular complexity index is 4220. The maximum atomic E-state index is 7.04. The molecule has 3 aliphatic rings. The molecular formula is C61H49BN2O3. The van der Waals surface area contributed by atoms with Crippen molar-refractivity contribution in [1.82, 2.24) is 4.57 Å². The van der Waals surface area contributed by atoms with Gasteiger partial charge in [0.25, 0.3) is 0 Å². The summed E-state index contributed by atoms with van der Waals surface area (Å²) in [4.78, 5) is 2.64. The Kier molecular flexibility index (Phi) is 6.93. The molecule has 0 saturated carbocycles. The lowest BCUT2D eigenvalue weighted by molar-refractivity contribution is 0.332. The normalized spacial score (nSPS) is 16.1. The first-order chi connectivity index (χ1) is 32.2. The van der Waals surface area contributed by atoms with Crippen molar-refractivity contribution in [3.8, 4) is 16.8 Å². The molecule has 6 heterocycles. The van der Waals surface area contributed by atoms with Crippen molar-refractivity contribution in [2.24, 2.45) is 0 Å². The molecule has 1 aliphatic carbocycles. The van der Waals surface area contributed by atoms with E-state index in [-0.39, 0.29) is 23.1 Å². The van der Waals surface area contributed by atoms with Crippen LogP contribution in [0.3, 0.4) is 0 Å². The van der Waals surface area contributed by atoms with Gasteiger partial charge in [0, 0.05) is 71.8 Å². The summed E-state index contributed by atoms with van der Waals surface area (Å²) in [6, 6.07) is 47.8. The zero-order valence-electron chi connectivity index (χ0n) is 39.2. The number of hydrogen-bond donors (Lipinski definition) is 0. The largest absolute Gasteiger partial charge is 0.456 e. The van der Waals surface area contributed by atoms with Crippen molar-refractivity contribution >= 4 is 117 Å². The molecule has 15 rings (SSSR count). The van der Waals surface area contributed by atoms with Crippen molar-refractivity contribution < 1.29 is 13.3 Å².